The van der Waals surface area contributed by atoms with Gasteiger partial charge in [-0.2, -0.15) is 0 Å². The normalized spacial score (nSPS) is 10.8. The first-order valence-electron chi connectivity index (χ1n) is 8.05. The Morgan fingerprint density at radius 1 is 1.04 bits per heavy atom. The van der Waals surface area contributed by atoms with Crippen molar-refractivity contribution < 1.29 is 14.3 Å². The Morgan fingerprint density at radius 3 is 2.25 bits per heavy atom. The fraction of sp³-hybridized carbons (Fsp3) is 0.250. The van der Waals surface area contributed by atoms with Crippen molar-refractivity contribution in [2.75, 3.05) is 11.9 Å². The molecule has 4 nitrogen and oxygen atoms in total. The Kier molecular flexibility index (Phi) is 6.43. The quantitative estimate of drug-likeness (QED) is 0.761. The van der Waals surface area contributed by atoms with E-state index in [-0.39, 0.29) is 12.0 Å². The molecule has 0 spiro atoms. The minimum atomic E-state index is -0.179. The lowest BCUT2D eigenvalue weighted by Crippen LogP contribution is -2.08. The maximum Gasteiger partial charge on any atom is 0.248 e. The monoisotopic (exact) mass is 325 g/mol. The van der Waals surface area contributed by atoms with E-state index in [0.717, 1.165) is 22.7 Å². The average molecular weight is 325 g/mol. The first kappa shape index (κ1) is 17.6. The van der Waals surface area contributed by atoms with Crippen LogP contribution in [0.4, 0.5) is 5.69 Å². The van der Waals surface area contributed by atoms with Gasteiger partial charge in [0, 0.05) is 11.8 Å². The van der Waals surface area contributed by atoms with Crippen LogP contribution in [-0.2, 0) is 4.79 Å². The van der Waals surface area contributed by atoms with Gasteiger partial charge in [0.1, 0.15) is 11.5 Å². The Labute approximate surface area is 143 Å². The number of hydrogen-bond donors (Lipinski definition) is 1. The summed E-state index contributed by atoms with van der Waals surface area (Å²) in [4.78, 5) is 12.0. The van der Waals surface area contributed by atoms with Crippen LogP contribution in [-0.4, -0.2) is 18.6 Å². The predicted octanol–water partition coefficient (Wildman–Crippen LogP) is 4.52. The van der Waals surface area contributed by atoms with E-state index >= 15 is 0 Å². The SMILES string of the molecule is CCOc1ccc(/C=C/C(=O)Nc2ccc(OC(C)C)cc2)cc1. The second kappa shape index (κ2) is 8.77. The van der Waals surface area contributed by atoms with Crippen LogP contribution in [0.1, 0.15) is 26.3 Å². The summed E-state index contributed by atoms with van der Waals surface area (Å²) in [5, 5.41) is 2.82. The fourth-order valence-corrected chi connectivity index (χ4v) is 2.09. The lowest BCUT2D eigenvalue weighted by atomic mass is 10.2. The highest BCUT2D eigenvalue weighted by Gasteiger charge is 2.01. The van der Waals surface area contributed by atoms with E-state index in [1.807, 2.05) is 69.3 Å². The van der Waals surface area contributed by atoms with E-state index in [9.17, 15) is 4.79 Å². The maximum atomic E-state index is 12.0. The highest BCUT2D eigenvalue weighted by molar-refractivity contribution is 6.01. The zero-order valence-corrected chi connectivity index (χ0v) is 14.3. The van der Waals surface area contributed by atoms with Crippen molar-refractivity contribution in [3.8, 4) is 11.5 Å². The van der Waals surface area contributed by atoms with Crippen LogP contribution in [0.5, 0.6) is 11.5 Å². The molecular formula is C20H23NO3. The summed E-state index contributed by atoms with van der Waals surface area (Å²) in [6.07, 6.45) is 3.40. The summed E-state index contributed by atoms with van der Waals surface area (Å²) in [5.41, 5.74) is 1.67. The van der Waals surface area contributed by atoms with Gasteiger partial charge >= 0.3 is 0 Å². The number of carbonyl (C=O) groups is 1. The first-order chi connectivity index (χ1) is 11.6. The molecule has 1 amide bonds. The van der Waals surface area contributed by atoms with Crippen molar-refractivity contribution in [2.24, 2.45) is 0 Å². The van der Waals surface area contributed by atoms with Crippen molar-refractivity contribution >= 4 is 17.7 Å². The van der Waals surface area contributed by atoms with Crippen LogP contribution in [0.15, 0.2) is 54.6 Å². The molecule has 0 bridgehead atoms. The maximum absolute atomic E-state index is 12.0. The molecule has 0 fully saturated rings. The van der Waals surface area contributed by atoms with E-state index in [2.05, 4.69) is 5.32 Å². The molecule has 4 heteroatoms. The largest absolute Gasteiger partial charge is 0.494 e. The molecule has 0 saturated carbocycles. The molecule has 0 aliphatic heterocycles. The first-order valence-corrected chi connectivity index (χ1v) is 8.05. The van der Waals surface area contributed by atoms with Crippen LogP contribution < -0.4 is 14.8 Å². The van der Waals surface area contributed by atoms with Crippen LogP contribution >= 0.6 is 0 Å². The van der Waals surface area contributed by atoms with Crippen molar-refractivity contribution in [3.05, 3.63) is 60.2 Å². The number of anilines is 1. The van der Waals surface area contributed by atoms with Gasteiger partial charge in [-0.1, -0.05) is 12.1 Å². The minimum absolute atomic E-state index is 0.127. The van der Waals surface area contributed by atoms with Crippen LogP contribution in [0.25, 0.3) is 6.08 Å². The Balaban J connectivity index is 1.90. The van der Waals surface area contributed by atoms with E-state index in [0.29, 0.717) is 6.61 Å². The fourth-order valence-electron chi connectivity index (χ4n) is 2.09. The molecule has 0 heterocycles. The van der Waals surface area contributed by atoms with Crippen LogP contribution in [0.2, 0.25) is 0 Å². The van der Waals surface area contributed by atoms with Crippen molar-refractivity contribution in [2.45, 2.75) is 26.9 Å². The van der Waals surface area contributed by atoms with Gasteiger partial charge < -0.3 is 14.8 Å². The molecule has 0 aliphatic rings. The molecule has 2 rings (SSSR count). The number of amides is 1. The number of carbonyl (C=O) groups excluding carboxylic acids is 1. The summed E-state index contributed by atoms with van der Waals surface area (Å²) in [5.74, 6) is 1.43. The number of rotatable bonds is 7. The molecular weight excluding hydrogens is 302 g/mol. The van der Waals surface area contributed by atoms with Crippen molar-refractivity contribution in [1.29, 1.82) is 0 Å². The van der Waals surface area contributed by atoms with Gasteiger partial charge in [0.05, 0.1) is 12.7 Å². The molecule has 2 aromatic carbocycles. The molecule has 2 aromatic rings. The molecule has 0 radical (unpaired) electrons. The Morgan fingerprint density at radius 2 is 1.67 bits per heavy atom. The van der Waals surface area contributed by atoms with Gasteiger partial charge in [0.2, 0.25) is 5.91 Å². The summed E-state index contributed by atoms with van der Waals surface area (Å²) in [7, 11) is 0. The minimum Gasteiger partial charge on any atom is -0.494 e. The Bertz CT molecular complexity index is 673. The topological polar surface area (TPSA) is 47.6 Å². The molecule has 0 aromatic heterocycles. The highest BCUT2D eigenvalue weighted by atomic mass is 16.5. The van der Waals surface area contributed by atoms with Crippen molar-refractivity contribution in [3.63, 3.8) is 0 Å². The number of ether oxygens (including phenoxy) is 2. The Hall–Kier alpha value is -2.75. The van der Waals surface area contributed by atoms with Gasteiger partial charge in [-0.15, -0.1) is 0 Å². The number of benzene rings is 2. The molecule has 24 heavy (non-hydrogen) atoms. The average Bonchev–Trinajstić information content (AvgIpc) is 2.56. The van der Waals surface area contributed by atoms with Gasteiger partial charge in [0.15, 0.2) is 0 Å². The summed E-state index contributed by atoms with van der Waals surface area (Å²) < 4.78 is 11.0. The van der Waals surface area contributed by atoms with Gasteiger partial charge in [0.25, 0.3) is 0 Å². The standard InChI is InChI=1S/C20H23NO3/c1-4-23-18-10-5-16(6-11-18)7-14-20(22)21-17-8-12-19(13-9-17)24-15(2)3/h5-15H,4H2,1-3H3,(H,21,22)/b14-7+. The zero-order chi connectivity index (χ0) is 17.4. The summed E-state index contributed by atoms with van der Waals surface area (Å²) in [6, 6.07) is 14.9. The lowest BCUT2D eigenvalue weighted by molar-refractivity contribution is -0.111. The van der Waals surface area contributed by atoms with Crippen LogP contribution in [0.3, 0.4) is 0 Å². The summed E-state index contributed by atoms with van der Waals surface area (Å²) in [6.45, 7) is 6.53. The van der Waals surface area contributed by atoms with Gasteiger partial charge in [-0.25, -0.2) is 0 Å². The molecule has 1 N–H and O–H groups in total. The van der Waals surface area contributed by atoms with Gasteiger partial charge in [-0.3, -0.25) is 4.79 Å². The second-order valence-corrected chi connectivity index (χ2v) is 5.52. The van der Waals surface area contributed by atoms with Crippen molar-refractivity contribution in [1.82, 2.24) is 0 Å². The molecule has 0 saturated heterocycles. The lowest BCUT2D eigenvalue weighted by Gasteiger charge is -2.10. The zero-order valence-electron chi connectivity index (χ0n) is 14.3. The van der Waals surface area contributed by atoms with Crippen LogP contribution in [0, 0.1) is 0 Å². The second-order valence-electron chi connectivity index (χ2n) is 5.52. The third-order valence-electron chi connectivity index (χ3n) is 3.11. The smallest absolute Gasteiger partial charge is 0.248 e. The molecule has 126 valence electrons. The van der Waals surface area contributed by atoms with E-state index in [1.54, 1.807) is 6.08 Å². The highest BCUT2D eigenvalue weighted by Crippen LogP contribution is 2.17. The molecule has 0 atom stereocenters. The molecule has 0 unspecified atom stereocenters. The summed E-state index contributed by atoms with van der Waals surface area (Å²) >= 11 is 0. The number of nitrogens with one attached hydrogen (secondary N) is 1. The van der Waals surface area contributed by atoms with E-state index in [4.69, 9.17) is 9.47 Å². The van der Waals surface area contributed by atoms with E-state index in [1.165, 1.54) is 6.08 Å². The third-order valence-corrected chi connectivity index (χ3v) is 3.11. The predicted molar refractivity (Wildman–Crippen MR) is 97.5 cm³/mol. The van der Waals surface area contributed by atoms with Gasteiger partial charge in [-0.05, 0) is 68.8 Å². The molecule has 0 aliphatic carbocycles. The van der Waals surface area contributed by atoms with E-state index < -0.39 is 0 Å². The third kappa shape index (κ3) is 5.80. The number of hydrogen-bond acceptors (Lipinski definition) is 3.